The van der Waals surface area contributed by atoms with Crippen molar-refractivity contribution in [1.82, 2.24) is 14.3 Å². The standard InChI is InChI=1S/C10H12N4O/c1-13-4-3-7(5-10(13)15)8-6-9(11)14(2)12-8/h3-6H,11H2,1-2H3. The SMILES string of the molecule is Cn1nc(-c2ccn(C)c(=O)c2)cc1N. The van der Waals surface area contributed by atoms with Crippen LogP contribution in [0.2, 0.25) is 0 Å². The molecule has 0 radical (unpaired) electrons. The molecule has 0 unspecified atom stereocenters. The molecule has 2 aromatic heterocycles. The molecule has 0 aliphatic rings. The zero-order valence-corrected chi connectivity index (χ0v) is 8.64. The number of aryl methyl sites for hydroxylation is 2. The van der Waals surface area contributed by atoms with Gasteiger partial charge in [-0.25, -0.2) is 0 Å². The van der Waals surface area contributed by atoms with Gasteiger partial charge in [0.2, 0.25) is 0 Å². The van der Waals surface area contributed by atoms with E-state index in [1.807, 2.05) is 6.07 Å². The van der Waals surface area contributed by atoms with Crippen LogP contribution in [0.15, 0.2) is 29.2 Å². The first-order chi connectivity index (χ1) is 7.08. The lowest BCUT2D eigenvalue weighted by molar-refractivity contribution is 0.781. The van der Waals surface area contributed by atoms with Crippen molar-refractivity contribution in [2.75, 3.05) is 5.73 Å². The minimum atomic E-state index is -0.0586. The fourth-order valence-electron chi connectivity index (χ4n) is 1.33. The topological polar surface area (TPSA) is 65.8 Å². The number of rotatable bonds is 1. The van der Waals surface area contributed by atoms with Crippen LogP contribution in [-0.4, -0.2) is 14.3 Å². The summed E-state index contributed by atoms with van der Waals surface area (Å²) in [5, 5.41) is 4.19. The minimum Gasteiger partial charge on any atom is -0.384 e. The van der Waals surface area contributed by atoms with Crippen LogP contribution in [0.4, 0.5) is 5.82 Å². The second-order valence-electron chi connectivity index (χ2n) is 3.44. The van der Waals surface area contributed by atoms with Gasteiger partial charge in [-0.15, -0.1) is 0 Å². The zero-order chi connectivity index (χ0) is 11.0. The highest BCUT2D eigenvalue weighted by atomic mass is 16.1. The maximum absolute atomic E-state index is 11.4. The van der Waals surface area contributed by atoms with Gasteiger partial charge in [0.1, 0.15) is 5.82 Å². The van der Waals surface area contributed by atoms with Crippen molar-refractivity contribution in [3.05, 3.63) is 34.7 Å². The van der Waals surface area contributed by atoms with E-state index in [0.29, 0.717) is 11.5 Å². The van der Waals surface area contributed by atoms with Gasteiger partial charge >= 0.3 is 0 Å². The molecule has 0 aliphatic heterocycles. The molecule has 0 aliphatic carbocycles. The molecule has 2 N–H and O–H groups in total. The Morgan fingerprint density at radius 2 is 2.07 bits per heavy atom. The molecule has 0 saturated carbocycles. The van der Waals surface area contributed by atoms with Crippen LogP contribution in [0, 0.1) is 0 Å². The lowest BCUT2D eigenvalue weighted by atomic mass is 10.2. The highest BCUT2D eigenvalue weighted by Gasteiger charge is 2.05. The number of nitrogens with two attached hydrogens (primary N) is 1. The number of nitrogens with zero attached hydrogens (tertiary/aromatic N) is 3. The van der Waals surface area contributed by atoms with Crippen LogP contribution in [-0.2, 0) is 14.1 Å². The molecule has 0 fully saturated rings. The molecule has 0 spiro atoms. The van der Waals surface area contributed by atoms with E-state index in [4.69, 9.17) is 5.73 Å². The summed E-state index contributed by atoms with van der Waals surface area (Å²) >= 11 is 0. The summed E-state index contributed by atoms with van der Waals surface area (Å²) in [6.07, 6.45) is 1.71. The highest BCUT2D eigenvalue weighted by molar-refractivity contribution is 5.61. The van der Waals surface area contributed by atoms with Crippen LogP contribution in [0.1, 0.15) is 0 Å². The molecule has 0 amide bonds. The molecule has 2 rings (SSSR count). The van der Waals surface area contributed by atoms with Crippen LogP contribution >= 0.6 is 0 Å². The van der Waals surface area contributed by atoms with Crippen molar-refractivity contribution in [3.8, 4) is 11.3 Å². The fourth-order valence-corrected chi connectivity index (χ4v) is 1.33. The Hall–Kier alpha value is -2.04. The van der Waals surface area contributed by atoms with Crippen molar-refractivity contribution in [2.24, 2.45) is 14.1 Å². The van der Waals surface area contributed by atoms with Gasteiger partial charge in [0, 0.05) is 38.0 Å². The summed E-state index contributed by atoms with van der Waals surface area (Å²) in [5.41, 5.74) is 7.10. The summed E-state index contributed by atoms with van der Waals surface area (Å²) in [5.74, 6) is 0.575. The average molecular weight is 204 g/mol. The molecule has 0 atom stereocenters. The van der Waals surface area contributed by atoms with Crippen molar-refractivity contribution in [3.63, 3.8) is 0 Å². The minimum absolute atomic E-state index is 0.0586. The first-order valence-electron chi connectivity index (χ1n) is 4.54. The number of anilines is 1. The van der Waals surface area contributed by atoms with Crippen molar-refractivity contribution >= 4 is 5.82 Å². The van der Waals surface area contributed by atoms with Gasteiger partial charge in [0.05, 0.1) is 5.69 Å². The van der Waals surface area contributed by atoms with Crippen molar-refractivity contribution in [2.45, 2.75) is 0 Å². The molecular weight excluding hydrogens is 192 g/mol. The van der Waals surface area contributed by atoms with E-state index < -0.39 is 0 Å². The fraction of sp³-hybridized carbons (Fsp3) is 0.200. The Morgan fingerprint density at radius 1 is 1.33 bits per heavy atom. The maximum atomic E-state index is 11.4. The van der Waals surface area contributed by atoms with Crippen molar-refractivity contribution in [1.29, 1.82) is 0 Å². The number of hydrogen-bond acceptors (Lipinski definition) is 3. The van der Waals surface area contributed by atoms with Gasteiger partial charge in [-0.2, -0.15) is 5.10 Å². The van der Waals surface area contributed by atoms with Gasteiger partial charge in [0.25, 0.3) is 5.56 Å². The first kappa shape index (κ1) is 9.51. The lowest BCUT2D eigenvalue weighted by Gasteiger charge is -1.98. The van der Waals surface area contributed by atoms with E-state index in [-0.39, 0.29) is 5.56 Å². The number of pyridine rings is 1. The smallest absolute Gasteiger partial charge is 0.250 e. The van der Waals surface area contributed by atoms with E-state index in [2.05, 4.69) is 5.10 Å². The van der Waals surface area contributed by atoms with Crippen LogP contribution in [0.3, 0.4) is 0 Å². The summed E-state index contributed by atoms with van der Waals surface area (Å²) in [7, 11) is 3.47. The van der Waals surface area contributed by atoms with Crippen LogP contribution < -0.4 is 11.3 Å². The van der Waals surface area contributed by atoms with Gasteiger partial charge in [-0.1, -0.05) is 0 Å². The van der Waals surface area contributed by atoms with E-state index in [0.717, 1.165) is 5.56 Å². The van der Waals surface area contributed by atoms with Crippen molar-refractivity contribution < 1.29 is 0 Å². The Morgan fingerprint density at radius 3 is 2.60 bits per heavy atom. The third kappa shape index (κ3) is 1.63. The predicted octanol–water partition coefficient (Wildman–Crippen LogP) is 0.368. The van der Waals surface area contributed by atoms with Gasteiger partial charge < -0.3 is 10.3 Å². The number of hydrogen-bond donors (Lipinski definition) is 1. The molecule has 0 aromatic carbocycles. The molecular formula is C10H12N4O. The van der Waals surface area contributed by atoms with Gasteiger partial charge in [0.15, 0.2) is 0 Å². The van der Waals surface area contributed by atoms with E-state index >= 15 is 0 Å². The molecule has 78 valence electrons. The Labute approximate surface area is 86.8 Å². The normalized spacial score (nSPS) is 10.5. The second kappa shape index (κ2) is 3.27. The largest absolute Gasteiger partial charge is 0.384 e. The Bertz CT molecular complexity index is 533. The van der Waals surface area contributed by atoms with E-state index in [1.54, 1.807) is 37.1 Å². The molecule has 0 saturated heterocycles. The summed E-state index contributed by atoms with van der Waals surface area (Å²) in [6, 6.07) is 5.12. The van der Waals surface area contributed by atoms with E-state index in [1.165, 1.54) is 4.57 Å². The molecule has 5 nitrogen and oxygen atoms in total. The Kier molecular flexibility index (Phi) is 2.07. The first-order valence-corrected chi connectivity index (χ1v) is 4.54. The monoisotopic (exact) mass is 204 g/mol. The average Bonchev–Trinajstić information content (AvgIpc) is 2.52. The van der Waals surface area contributed by atoms with Gasteiger partial charge in [-0.05, 0) is 6.07 Å². The quantitative estimate of drug-likeness (QED) is 0.729. The molecule has 0 bridgehead atoms. The molecule has 2 aromatic rings. The summed E-state index contributed by atoms with van der Waals surface area (Å²) < 4.78 is 3.09. The molecule has 2 heterocycles. The molecule has 5 heteroatoms. The number of nitrogen functional groups attached to an aromatic ring is 1. The third-order valence-corrected chi connectivity index (χ3v) is 2.32. The predicted molar refractivity (Wildman–Crippen MR) is 58.3 cm³/mol. The van der Waals surface area contributed by atoms with Crippen LogP contribution in [0.25, 0.3) is 11.3 Å². The highest BCUT2D eigenvalue weighted by Crippen LogP contribution is 2.17. The summed E-state index contributed by atoms with van der Waals surface area (Å²) in [4.78, 5) is 11.4. The van der Waals surface area contributed by atoms with Gasteiger partial charge in [-0.3, -0.25) is 9.48 Å². The molecule has 15 heavy (non-hydrogen) atoms. The second-order valence-corrected chi connectivity index (χ2v) is 3.44. The Balaban J connectivity index is 2.54. The van der Waals surface area contributed by atoms with E-state index in [9.17, 15) is 4.79 Å². The number of aromatic nitrogens is 3. The third-order valence-electron chi connectivity index (χ3n) is 2.32. The lowest BCUT2D eigenvalue weighted by Crippen LogP contribution is -2.14. The van der Waals surface area contributed by atoms with Crippen LogP contribution in [0.5, 0.6) is 0 Å². The maximum Gasteiger partial charge on any atom is 0.250 e. The zero-order valence-electron chi connectivity index (χ0n) is 8.64. The summed E-state index contributed by atoms with van der Waals surface area (Å²) in [6.45, 7) is 0.